The summed E-state index contributed by atoms with van der Waals surface area (Å²) in [7, 11) is 0. The Morgan fingerprint density at radius 2 is 1.69 bits per heavy atom. The normalized spacial score (nSPS) is 18.5. The van der Waals surface area contributed by atoms with Gasteiger partial charge in [0.2, 0.25) is 11.8 Å². The second-order valence-corrected chi connectivity index (χ2v) is 7.13. The Bertz CT molecular complexity index is 649. The van der Waals surface area contributed by atoms with E-state index in [2.05, 4.69) is 10.6 Å². The van der Waals surface area contributed by atoms with Gasteiger partial charge in [0.05, 0.1) is 6.54 Å². The van der Waals surface area contributed by atoms with Crippen LogP contribution in [0.2, 0.25) is 0 Å². The minimum atomic E-state index is -0.277. The first-order valence-corrected chi connectivity index (χ1v) is 9.61. The average molecular weight is 357 g/mol. The molecule has 1 aromatic rings. The van der Waals surface area contributed by atoms with Crippen LogP contribution < -0.4 is 15.5 Å². The number of anilines is 1. The van der Waals surface area contributed by atoms with Gasteiger partial charge in [-0.2, -0.15) is 0 Å². The molecule has 1 heterocycles. The predicted molar refractivity (Wildman–Crippen MR) is 100.0 cm³/mol. The number of rotatable bonds is 5. The molecule has 3 rings (SSSR count). The van der Waals surface area contributed by atoms with Crippen LogP contribution in [0.25, 0.3) is 0 Å². The first-order valence-electron chi connectivity index (χ1n) is 9.61. The Morgan fingerprint density at radius 1 is 1.00 bits per heavy atom. The number of nitrogens with zero attached hydrogens (tertiary/aromatic N) is 1. The van der Waals surface area contributed by atoms with Gasteiger partial charge in [0.25, 0.3) is 5.91 Å². The third-order valence-corrected chi connectivity index (χ3v) is 5.14. The lowest BCUT2D eigenvalue weighted by molar-refractivity contribution is -0.121. The van der Waals surface area contributed by atoms with Gasteiger partial charge in [-0.15, -0.1) is 0 Å². The number of amides is 3. The molecule has 1 aliphatic carbocycles. The lowest BCUT2D eigenvalue weighted by Crippen LogP contribution is -2.41. The molecule has 1 saturated carbocycles. The quantitative estimate of drug-likeness (QED) is 0.794. The summed E-state index contributed by atoms with van der Waals surface area (Å²) >= 11 is 0. The van der Waals surface area contributed by atoms with Crippen LogP contribution in [0.5, 0.6) is 0 Å². The van der Waals surface area contributed by atoms with Gasteiger partial charge in [0.1, 0.15) is 0 Å². The molecule has 0 aromatic heterocycles. The number of nitrogens with one attached hydrogen (secondary N) is 2. The summed E-state index contributed by atoms with van der Waals surface area (Å²) in [5, 5.41) is 5.69. The van der Waals surface area contributed by atoms with Crippen molar-refractivity contribution in [1.29, 1.82) is 0 Å². The molecule has 0 bridgehead atoms. The van der Waals surface area contributed by atoms with Gasteiger partial charge >= 0.3 is 0 Å². The molecule has 0 unspecified atom stereocenters. The molecular formula is C20H27N3O3. The number of carbonyl (C=O) groups is 3. The van der Waals surface area contributed by atoms with Gasteiger partial charge in [-0.25, -0.2) is 0 Å². The Kier molecular flexibility index (Phi) is 6.26. The summed E-state index contributed by atoms with van der Waals surface area (Å²) in [6.07, 6.45) is 8.29. The van der Waals surface area contributed by atoms with E-state index >= 15 is 0 Å². The van der Waals surface area contributed by atoms with Crippen LogP contribution in [0.15, 0.2) is 24.3 Å². The zero-order chi connectivity index (χ0) is 18.4. The molecule has 6 nitrogen and oxygen atoms in total. The fourth-order valence-electron chi connectivity index (χ4n) is 3.68. The van der Waals surface area contributed by atoms with Gasteiger partial charge in [0, 0.05) is 30.3 Å². The molecule has 2 aliphatic rings. The van der Waals surface area contributed by atoms with Gasteiger partial charge < -0.3 is 15.5 Å². The molecule has 1 aromatic carbocycles. The van der Waals surface area contributed by atoms with Crippen molar-refractivity contribution < 1.29 is 14.4 Å². The standard InChI is InChI=1S/C20H27N3O3/c24-18(22-16-6-3-1-2-4-7-16)14-21-20(26)15-9-11-17(12-10-15)23-13-5-8-19(23)25/h9-12,16H,1-8,13-14H2,(H,21,26)(H,22,24). The summed E-state index contributed by atoms with van der Waals surface area (Å²) in [5.41, 5.74) is 1.30. The highest BCUT2D eigenvalue weighted by Gasteiger charge is 2.21. The van der Waals surface area contributed by atoms with Crippen LogP contribution in [0.1, 0.15) is 61.7 Å². The second kappa shape index (κ2) is 8.83. The SMILES string of the molecule is O=C(CNC(=O)c1ccc(N2CCCC2=O)cc1)NC1CCCCCC1. The van der Waals surface area contributed by atoms with Crippen molar-refractivity contribution >= 4 is 23.4 Å². The van der Waals surface area contributed by atoms with Crippen molar-refractivity contribution in [3.8, 4) is 0 Å². The van der Waals surface area contributed by atoms with Crippen LogP contribution in [0, 0.1) is 0 Å². The van der Waals surface area contributed by atoms with E-state index in [4.69, 9.17) is 0 Å². The summed E-state index contributed by atoms with van der Waals surface area (Å²) < 4.78 is 0. The van der Waals surface area contributed by atoms with Crippen LogP contribution in [-0.2, 0) is 9.59 Å². The number of benzene rings is 1. The molecule has 3 amide bonds. The molecule has 0 atom stereocenters. The molecule has 1 aliphatic heterocycles. The first kappa shape index (κ1) is 18.4. The molecule has 140 valence electrons. The molecule has 2 fully saturated rings. The molecule has 0 spiro atoms. The molecular weight excluding hydrogens is 330 g/mol. The highest BCUT2D eigenvalue weighted by molar-refractivity contribution is 5.98. The maximum Gasteiger partial charge on any atom is 0.251 e. The zero-order valence-electron chi connectivity index (χ0n) is 15.1. The molecule has 2 N–H and O–H groups in total. The number of carbonyl (C=O) groups excluding carboxylic acids is 3. The average Bonchev–Trinajstić information content (AvgIpc) is 2.91. The lowest BCUT2D eigenvalue weighted by atomic mass is 10.1. The van der Waals surface area contributed by atoms with E-state index in [-0.39, 0.29) is 30.3 Å². The molecule has 0 radical (unpaired) electrons. The Morgan fingerprint density at radius 3 is 2.31 bits per heavy atom. The second-order valence-electron chi connectivity index (χ2n) is 7.13. The van der Waals surface area contributed by atoms with Gasteiger partial charge in [-0.1, -0.05) is 25.7 Å². The Hall–Kier alpha value is -2.37. The van der Waals surface area contributed by atoms with Crippen LogP contribution in [0.4, 0.5) is 5.69 Å². The Balaban J connectivity index is 1.46. The van der Waals surface area contributed by atoms with Crippen molar-refractivity contribution in [2.45, 2.75) is 57.4 Å². The van der Waals surface area contributed by atoms with E-state index in [1.54, 1.807) is 29.2 Å². The van der Waals surface area contributed by atoms with Crippen LogP contribution in [0.3, 0.4) is 0 Å². The van der Waals surface area contributed by atoms with E-state index in [9.17, 15) is 14.4 Å². The van der Waals surface area contributed by atoms with Gasteiger partial charge in [-0.3, -0.25) is 14.4 Å². The van der Waals surface area contributed by atoms with Crippen molar-refractivity contribution in [1.82, 2.24) is 10.6 Å². The van der Waals surface area contributed by atoms with E-state index in [1.165, 1.54) is 12.8 Å². The van der Waals surface area contributed by atoms with Crippen LogP contribution >= 0.6 is 0 Å². The van der Waals surface area contributed by atoms with Crippen molar-refractivity contribution in [3.05, 3.63) is 29.8 Å². The fraction of sp³-hybridized carbons (Fsp3) is 0.550. The summed E-state index contributed by atoms with van der Waals surface area (Å²) in [5.74, 6) is -0.290. The third-order valence-electron chi connectivity index (χ3n) is 5.14. The predicted octanol–water partition coefficient (Wildman–Crippen LogP) is 2.38. The minimum Gasteiger partial charge on any atom is -0.352 e. The van der Waals surface area contributed by atoms with Crippen LogP contribution in [-0.4, -0.2) is 36.9 Å². The summed E-state index contributed by atoms with van der Waals surface area (Å²) in [4.78, 5) is 37.8. The van der Waals surface area contributed by atoms with Crippen molar-refractivity contribution in [2.24, 2.45) is 0 Å². The topological polar surface area (TPSA) is 78.5 Å². The van der Waals surface area contributed by atoms with E-state index in [1.807, 2.05) is 0 Å². The monoisotopic (exact) mass is 357 g/mol. The summed E-state index contributed by atoms with van der Waals surface area (Å²) in [6.45, 7) is 0.716. The highest BCUT2D eigenvalue weighted by atomic mass is 16.2. The van der Waals surface area contributed by atoms with E-state index < -0.39 is 0 Å². The highest BCUT2D eigenvalue weighted by Crippen LogP contribution is 2.21. The zero-order valence-corrected chi connectivity index (χ0v) is 15.1. The van der Waals surface area contributed by atoms with E-state index in [0.29, 0.717) is 12.0 Å². The molecule has 26 heavy (non-hydrogen) atoms. The maximum absolute atomic E-state index is 12.2. The Labute approximate surface area is 154 Å². The van der Waals surface area contributed by atoms with E-state index in [0.717, 1.165) is 44.3 Å². The molecule has 1 saturated heterocycles. The molecule has 6 heteroatoms. The van der Waals surface area contributed by atoms with Gasteiger partial charge in [0.15, 0.2) is 0 Å². The number of hydrogen-bond acceptors (Lipinski definition) is 3. The van der Waals surface area contributed by atoms with Crippen molar-refractivity contribution in [3.63, 3.8) is 0 Å². The minimum absolute atomic E-state index is 0.0122. The maximum atomic E-state index is 12.2. The van der Waals surface area contributed by atoms with Crippen molar-refractivity contribution in [2.75, 3.05) is 18.0 Å². The first-order chi connectivity index (χ1) is 12.6. The largest absolute Gasteiger partial charge is 0.352 e. The third kappa shape index (κ3) is 4.84. The summed E-state index contributed by atoms with van der Waals surface area (Å²) in [6, 6.07) is 7.19. The fourth-order valence-corrected chi connectivity index (χ4v) is 3.68. The lowest BCUT2D eigenvalue weighted by Gasteiger charge is -2.17. The number of hydrogen-bond donors (Lipinski definition) is 2. The smallest absolute Gasteiger partial charge is 0.251 e. The van der Waals surface area contributed by atoms with Gasteiger partial charge in [-0.05, 0) is 43.5 Å².